The molecule has 1 aromatic heterocycles. The van der Waals surface area contributed by atoms with Crippen molar-refractivity contribution in [2.45, 2.75) is 13.3 Å². The van der Waals surface area contributed by atoms with Gasteiger partial charge in [-0.1, -0.05) is 11.6 Å². The minimum absolute atomic E-state index is 0.487. The van der Waals surface area contributed by atoms with Crippen molar-refractivity contribution in [2.24, 2.45) is 5.73 Å². The molecule has 1 rings (SSSR count). The first kappa shape index (κ1) is 8.43. The van der Waals surface area contributed by atoms with Gasteiger partial charge >= 0.3 is 0 Å². The van der Waals surface area contributed by atoms with Crippen LogP contribution < -0.4 is 5.73 Å². The first-order valence-electron chi connectivity index (χ1n) is 3.42. The van der Waals surface area contributed by atoms with Crippen LogP contribution in [-0.2, 0) is 6.42 Å². The third-order valence-corrected chi connectivity index (χ3v) is 1.43. The summed E-state index contributed by atoms with van der Waals surface area (Å²) in [6, 6.07) is 1.72. The number of halogens is 1. The average Bonchev–Trinajstić information content (AvgIpc) is 1.85. The Bertz CT molecular complexity index is 229. The molecule has 0 atom stereocenters. The molecule has 60 valence electrons. The van der Waals surface area contributed by atoms with E-state index in [1.165, 1.54) is 0 Å². The molecule has 1 aromatic rings. The molecule has 4 heteroatoms. The van der Waals surface area contributed by atoms with E-state index < -0.39 is 0 Å². The summed E-state index contributed by atoms with van der Waals surface area (Å²) in [7, 11) is 0. The van der Waals surface area contributed by atoms with Crippen molar-refractivity contribution in [3.05, 3.63) is 22.7 Å². The average molecular weight is 172 g/mol. The van der Waals surface area contributed by atoms with E-state index in [2.05, 4.69) is 9.97 Å². The molecule has 0 fully saturated rings. The second-order valence-corrected chi connectivity index (χ2v) is 2.67. The van der Waals surface area contributed by atoms with Gasteiger partial charge in [0.05, 0.1) is 0 Å². The highest BCUT2D eigenvalue weighted by Crippen LogP contribution is 2.05. The summed E-state index contributed by atoms with van der Waals surface area (Å²) < 4.78 is 0. The summed E-state index contributed by atoms with van der Waals surface area (Å²) in [5.41, 5.74) is 6.22. The van der Waals surface area contributed by atoms with Crippen molar-refractivity contribution in [1.29, 1.82) is 0 Å². The van der Waals surface area contributed by atoms with E-state index in [9.17, 15) is 0 Å². The summed E-state index contributed by atoms with van der Waals surface area (Å²) in [6.45, 7) is 2.44. The smallest absolute Gasteiger partial charge is 0.133 e. The zero-order chi connectivity index (χ0) is 8.27. The standard InChI is InChI=1S/C7H10ClN3/c1-5-4-6(8)11-7(10-5)2-3-9/h4H,2-3,9H2,1H3. The summed E-state index contributed by atoms with van der Waals surface area (Å²) in [5.74, 6) is 0.720. The van der Waals surface area contributed by atoms with E-state index in [0.29, 0.717) is 18.1 Å². The summed E-state index contributed by atoms with van der Waals surface area (Å²) >= 11 is 5.69. The molecule has 0 aliphatic heterocycles. The van der Waals surface area contributed by atoms with Gasteiger partial charge in [0.15, 0.2) is 0 Å². The largest absolute Gasteiger partial charge is 0.330 e. The summed E-state index contributed by atoms with van der Waals surface area (Å²) in [6.07, 6.45) is 0.682. The Balaban J connectivity index is 2.89. The second-order valence-electron chi connectivity index (χ2n) is 2.29. The van der Waals surface area contributed by atoms with Crippen molar-refractivity contribution < 1.29 is 0 Å². The van der Waals surface area contributed by atoms with E-state index in [0.717, 1.165) is 11.5 Å². The Hall–Kier alpha value is -0.670. The minimum Gasteiger partial charge on any atom is -0.330 e. The molecule has 0 saturated carbocycles. The second kappa shape index (κ2) is 3.64. The van der Waals surface area contributed by atoms with Gasteiger partial charge in [-0.15, -0.1) is 0 Å². The van der Waals surface area contributed by atoms with E-state index in [4.69, 9.17) is 17.3 Å². The zero-order valence-corrected chi connectivity index (χ0v) is 7.10. The van der Waals surface area contributed by atoms with E-state index in [1.807, 2.05) is 6.92 Å². The fourth-order valence-corrected chi connectivity index (χ4v) is 1.09. The lowest BCUT2D eigenvalue weighted by Gasteiger charge is -1.98. The predicted molar refractivity (Wildman–Crippen MR) is 44.5 cm³/mol. The van der Waals surface area contributed by atoms with Crippen LogP contribution in [0, 0.1) is 6.92 Å². The first-order valence-corrected chi connectivity index (χ1v) is 3.80. The molecular weight excluding hydrogens is 162 g/mol. The maximum absolute atomic E-state index is 5.69. The van der Waals surface area contributed by atoms with Crippen LogP contribution in [0.25, 0.3) is 0 Å². The van der Waals surface area contributed by atoms with E-state index >= 15 is 0 Å². The summed E-state index contributed by atoms with van der Waals surface area (Å²) in [4.78, 5) is 8.15. The molecule has 0 aliphatic rings. The molecule has 0 saturated heterocycles. The highest BCUT2D eigenvalue weighted by Gasteiger charge is 1.97. The van der Waals surface area contributed by atoms with Gasteiger partial charge in [-0.3, -0.25) is 0 Å². The molecule has 0 aromatic carbocycles. The summed E-state index contributed by atoms with van der Waals surface area (Å²) in [5, 5.41) is 0.487. The Morgan fingerprint density at radius 2 is 2.27 bits per heavy atom. The van der Waals surface area contributed by atoms with Gasteiger partial charge in [0, 0.05) is 12.1 Å². The Morgan fingerprint density at radius 1 is 1.55 bits per heavy atom. The Kier molecular flexibility index (Phi) is 2.79. The quantitative estimate of drug-likeness (QED) is 0.674. The molecule has 3 nitrogen and oxygen atoms in total. The number of nitrogens with two attached hydrogens (primary N) is 1. The lowest BCUT2D eigenvalue weighted by molar-refractivity contribution is 0.855. The van der Waals surface area contributed by atoms with Crippen LogP contribution in [0.4, 0.5) is 0 Å². The number of aromatic nitrogens is 2. The van der Waals surface area contributed by atoms with Crippen molar-refractivity contribution in [3.8, 4) is 0 Å². The minimum atomic E-state index is 0.487. The van der Waals surface area contributed by atoms with Gasteiger partial charge in [0.2, 0.25) is 0 Å². The van der Waals surface area contributed by atoms with Crippen molar-refractivity contribution in [1.82, 2.24) is 9.97 Å². The number of hydrogen-bond donors (Lipinski definition) is 1. The van der Waals surface area contributed by atoms with Crippen LogP contribution in [0.15, 0.2) is 6.07 Å². The highest BCUT2D eigenvalue weighted by atomic mass is 35.5. The highest BCUT2D eigenvalue weighted by molar-refractivity contribution is 6.29. The number of hydrogen-bond acceptors (Lipinski definition) is 3. The first-order chi connectivity index (χ1) is 5.22. The maximum Gasteiger partial charge on any atom is 0.133 e. The molecule has 11 heavy (non-hydrogen) atoms. The molecule has 0 bridgehead atoms. The van der Waals surface area contributed by atoms with Crippen LogP contribution in [0.5, 0.6) is 0 Å². The topological polar surface area (TPSA) is 51.8 Å². The van der Waals surface area contributed by atoms with E-state index in [-0.39, 0.29) is 0 Å². The van der Waals surface area contributed by atoms with Gasteiger partial charge in [-0.25, -0.2) is 9.97 Å². The van der Waals surface area contributed by atoms with Crippen molar-refractivity contribution in [2.75, 3.05) is 6.54 Å². The van der Waals surface area contributed by atoms with Crippen molar-refractivity contribution in [3.63, 3.8) is 0 Å². The molecule has 0 aliphatic carbocycles. The molecule has 1 heterocycles. The van der Waals surface area contributed by atoms with Gasteiger partial charge in [0.25, 0.3) is 0 Å². The third-order valence-electron chi connectivity index (χ3n) is 1.24. The fraction of sp³-hybridized carbons (Fsp3) is 0.429. The normalized spacial score (nSPS) is 10.1. The number of nitrogens with zero attached hydrogens (tertiary/aromatic N) is 2. The predicted octanol–water partition coefficient (Wildman–Crippen LogP) is 0.940. The number of aryl methyl sites for hydroxylation is 1. The lowest BCUT2D eigenvalue weighted by Crippen LogP contribution is -2.07. The lowest BCUT2D eigenvalue weighted by atomic mass is 10.4. The zero-order valence-electron chi connectivity index (χ0n) is 6.34. The number of rotatable bonds is 2. The molecule has 2 N–H and O–H groups in total. The van der Waals surface area contributed by atoms with Gasteiger partial charge < -0.3 is 5.73 Å². The monoisotopic (exact) mass is 171 g/mol. The molecule has 0 unspecified atom stereocenters. The fourth-order valence-electron chi connectivity index (χ4n) is 0.830. The van der Waals surface area contributed by atoms with Crippen LogP contribution in [0.1, 0.15) is 11.5 Å². The van der Waals surface area contributed by atoms with E-state index in [1.54, 1.807) is 6.07 Å². The van der Waals surface area contributed by atoms with Crippen LogP contribution in [0.3, 0.4) is 0 Å². The van der Waals surface area contributed by atoms with Gasteiger partial charge in [0.1, 0.15) is 11.0 Å². The molecule has 0 radical (unpaired) electrons. The van der Waals surface area contributed by atoms with Gasteiger partial charge in [-0.05, 0) is 19.5 Å². The third kappa shape index (κ3) is 2.44. The van der Waals surface area contributed by atoms with Crippen LogP contribution in [0.2, 0.25) is 5.15 Å². The molecule has 0 spiro atoms. The Labute approximate surface area is 70.6 Å². The van der Waals surface area contributed by atoms with Crippen molar-refractivity contribution >= 4 is 11.6 Å². The van der Waals surface area contributed by atoms with Crippen LogP contribution >= 0.6 is 11.6 Å². The molecule has 0 amide bonds. The van der Waals surface area contributed by atoms with Crippen LogP contribution in [-0.4, -0.2) is 16.5 Å². The Morgan fingerprint density at radius 3 is 2.82 bits per heavy atom. The SMILES string of the molecule is Cc1cc(Cl)nc(CCN)n1. The molecular formula is C7H10ClN3. The van der Waals surface area contributed by atoms with Gasteiger partial charge in [-0.2, -0.15) is 0 Å². The maximum atomic E-state index is 5.69.